The van der Waals surface area contributed by atoms with Gasteiger partial charge in [0.05, 0.1) is 21.4 Å². The Morgan fingerprint density at radius 1 is 1.43 bits per heavy atom. The van der Waals surface area contributed by atoms with Gasteiger partial charge < -0.3 is 4.57 Å². The topological polar surface area (TPSA) is 17.8 Å². The van der Waals surface area contributed by atoms with E-state index in [0.29, 0.717) is 11.3 Å². The van der Waals surface area contributed by atoms with E-state index in [-0.39, 0.29) is 5.38 Å². The van der Waals surface area contributed by atoms with Crippen LogP contribution in [0.5, 0.6) is 0 Å². The zero-order valence-electron chi connectivity index (χ0n) is 12.4. The van der Waals surface area contributed by atoms with E-state index in [4.69, 9.17) is 28.2 Å². The molecule has 1 aromatic heterocycles. The van der Waals surface area contributed by atoms with Gasteiger partial charge in [0.1, 0.15) is 5.82 Å². The third kappa shape index (κ3) is 2.80. The van der Waals surface area contributed by atoms with Gasteiger partial charge in [0.15, 0.2) is 0 Å². The fraction of sp³-hybridized carbons (Fsp3) is 0.562. The molecule has 2 aromatic rings. The summed E-state index contributed by atoms with van der Waals surface area (Å²) >= 11 is 14.9. The number of imidazole rings is 1. The fourth-order valence-corrected chi connectivity index (χ4v) is 5.01. The lowest BCUT2D eigenvalue weighted by atomic mass is 10.2. The number of alkyl halides is 1. The van der Waals surface area contributed by atoms with Crippen LogP contribution in [0, 0.1) is 0 Å². The summed E-state index contributed by atoms with van der Waals surface area (Å²) in [5.74, 6) is 2.10. The Hall–Kier alpha value is -0.380. The van der Waals surface area contributed by atoms with Crippen LogP contribution in [0.3, 0.4) is 0 Å². The third-order valence-corrected chi connectivity index (χ3v) is 5.99. The second-order valence-corrected chi connectivity index (χ2v) is 8.13. The molecule has 0 saturated heterocycles. The molecule has 1 heterocycles. The molecule has 3 atom stereocenters. The van der Waals surface area contributed by atoms with Gasteiger partial charge >= 0.3 is 0 Å². The monoisotopic (exact) mass is 342 g/mol. The summed E-state index contributed by atoms with van der Waals surface area (Å²) in [5, 5.41) is 1.30. The quantitative estimate of drug-likeness (QED) is 0.650. The second kappa shape index (κ2) is 6.39. The van der Waals surface area contributed by atoms with Crippen molar-refractivity contribution in [1.29, 1.82) is 0 Å². The number of hydrogen-bond acceptors (Lipinski definition) is 2. The van der Waals surface area contributed by atoms with E-state index in [1.165, 1.54) is 19.3 Å². The Morgan fingerprint density at radius 3 is 2.95 bits per heavy atom. The van der Waals surface area contributed by atoms with Gasteiger partial charge in [-0.15, -0.1) is 11.6 Å². The highest BCUT2D eigenvalue weighted by Crippen LogP contribution is 2.43. The van der Waals surface area contributed by atoms with Crippen LogP contribution in [0.25, 0.3) is 11.0 Å². The van der Waals surface area contributed by atoms with E-state index in [2.05, 4.69) is 11.5 Å². The number of fused-ring (bicyclic) bond motifs is 1. The lowest BCUT2D eigenvalue weighted by Crippen LogP contribution is -2.19. The predicted octanol–water partition coefficient (Wildman–Crippen LogP) is 5.84. The molecule has 5 heteroatoms. The summed E-state index contributed by atoms with van der Waals surface area (Å²) in [6, 6.07) is 6.38. The van der Waals surface area contributed by atoms with Gasteiger partial charge in [-0.1, -0.05) is 31.0 Å². The smallest absolute Gasteiger partial charge is 0.128 e. The number of hydrogen-bond donors (Lipinski definition) is 0. The third-order valence-electron chi connectivity index (χ3n) is 4.17. The summed E-state index contributed by atoms with van der Waals surface area (Å²) in [6.45, 7) is 4.22. The Labute approximate surface area is 140 Å². The highest BCUT2D eigenvalue weighted by Gasteiger charge is 2.32. The molecule has 0 aliphatic heterocycles. The number of nitrogens with zero attached hydrogens (tertiary/aromatic N) is 2. The molecule has 0 spiro atoms. The van der Waals surface area contributed by atoms with Crippen molar-refractivity contribution in [1.82, 2.24) is 9.55 Å². The molecule has 0 radical (unpaired) electrons. The molecule has 3 rings (SSSR count). The summed E-state index contributed by atoms with van der Waals surface area (Å²) in [4.78, 5) is 4.75. The normalized spacial score (nSPS) is 23.8. The van der Waals surface area contributed by atoms with Crippen molar-refractivity contribution in [3.05, 3.63) is 29.0 Å². The predicted molar refractivity (Wildman–Crippen MR) is 93.8 cm³/mol. The Bertz CT molecular complexity index is 638. The maximum absolute atomic E-state index is 6.47. The van der Waals surface area contributed by atoms with Gasteiger partial charge in [-0.25, -0.2) is 4.98 Å². The summed E-state index contributed by atoms with van der Waals surface area (Å²) in [7, 11) is 0. The van der Waals surface area contributed by atoms with E-state index in [0.717, 1.165) is 27.6 Å². The zero-order chi connectivity index (χ0) is 15.0. The Balaban J connectivity index is 2.17. The number of thioether (sulfide) groups is 1. The molecule has 1 fully saturated rings. The van der Waals surface area contributed by atoms with Crippen molar-refractivity contribution in [2.45, 2.75) is 49.8 Å². The van der Waals surface area contributed by atoms with Gasteiger partial charge in [0, 0.05) is 11.3 Å². The van der Waals surface area contributed by atoms with Crippen LogP contribution < -0.4 is 0 Å². The largest absolute Gasteiger partial charge is 0.321 e. The van der Waals surface area contributed by atoms with Crippen LogP contribution in [0.4, 0.5) is 0 Å². The average molecular weight is 343 g/mol. The van der Waals surface area contributed by atoms with Crippen LogP contribution in [0.15, 0.2) is 18.2 Å². The van der Waals surface area contributed by atoms with Crippen LogP contribution in [0.1, 0.15) is 50.4 Å². The van der Waals surface area contributed by atoms with Crippen molar-refractivity contribution in [3.8, 4) is 0 Å². The standard InChI is InChI=1S/C16H20Cl2N2S/c1-3-21-14-9-5-8-13(14)20-15-11(18)6-4-7-12(15)19-16(20)10(2)17/h4,6-7,10,13-14H,3,5,8-9H2,1-2H3. The van der Waals surface area contributed by atoms with Gasteiger partial charge in [-0.3, -0.25) is 0 Å². The minimum absolute atomic E-state index is 0.110. The van der Waals surface area contributed by atoms with E-state index in [1.54, 1.807) is 0 Å². The number of para-hydroxylation sites is 1. The molecule has 3 unspecified atom stereocenters. The van der Waals surface area contributed by atoms with Gasteiger partial charge in [-0.2, -0.15) is 11.8 Å². The number of benzene rings is 1. The van der Waals surface area contributed by atoms with Gasteiger partial charge in [-0.05, 0) is 37.7 Å². The van der Waals surface area contributed by atoms with Crippen molar-refractivity contribution >= 4 is 46.0 Å². The fourth-order valence-electron chi connectivity index (χ4n) is 3.35. The molecule has 21 heavy (non-hydrogen) atoms. The van der Waals surface area contributed by atoms with Crippen LogP contribution in [-0.2, 0) is 0 Å². The molecule has 0 bridgehead atoms. The van der Waals surface area contributed by atoms with Crippen molar-refractivity contribution in [3.63, 3.8) is 0 Å². The van der Waals surface area contributed by atoms with Gasteiger partial charge in [0.2, 0.25) is 0 Å². The highest BCUT2D eigenvalue weighted by molar-refractivity contribution is 7.99. The number of halogens is 2. The van der Waals surface area contributed by atoms with E-state index < -0.39 is 0 Å². The van der Waals surface area contributed by atoms with E-state index >= 15 is 0 Å². The first-order valence-corrected chi connectivity index (χ1v) is 9.41. The van der Waals surface area contributed by atoms with E-state index in [9.17, 15) is 0 Å². The Morgan fingerprint density at radius 2 is 2.24 bits per heavy atom. The van der Waals surface area contributed by atoms with Crippen molar-refractivity contribution in [2.24, 2.45) is 0 Å². The number of aromatic nitrogens is 2. The maximum Gasteiger partial charge on any atom is 0.128 e. The SMILES string of the molecule is CCSC1CCCC1n1c(C(C)Cl)nc2cccc(Cl)c21. The zero-order valence-corrected chi connectivity index (χ0v) is 14.7. The molecular weight excluding hydrogens is 323 g/mol. The van der Waals surface area contributed by atoms with Crippen LogP contribution in [-0.4, -0.2) is 20.6 Å². The molecule has 1 aliphatic carbocycles. The van der Waals surface area contributed by atoms with Crippen molar-refractivity contribution in [2.75, 3.05) is 5.75 Å². The minimum atomic E-state index is -0.110. The van der Waals surface area contributed by atoms with Crippen LogP contribution >= 0.6 is 35.0 Å². The second-order valence-electron chi connectivity index (χ2n) is 5.56. The first kappa shape index (κ1) is 15.5. The summed E-state index contributed by atoms with van der Waals surface area (Å²) in [5.41, 5.74) is 2.01. The highest BCUT2D eigenvalue weighted by atomic mass is 35.5. The number of rotatable bonds is 4. The molecule has 1 aromatic carbocycles. The molecular formula is C16H20Cl2N2S. The first-order valence-electron chi connectivity index (χ1n) is 7.55. The van der Waals surface area contributed by atoms with Gasteiger partial charge in [0.25, 0.3) is 0 Å². The minimum Gasteiger partial charge on any atom is -0.321 e. The molecule has 2 nitrogen and oxygen atoms in total. The maximum atomic E-state index is 6.47. The average Bonchev–Trinajstić information content (AvgIpc) is 3.03. The summed E-state index contributed by atoms with van der Waals surface area (Å²) in [6.07, 6.45) is 3.72. The molecule has 1 aliphatic rings. The summed E-state index contributed by atoms with van der Waals surface area (Å²) < 4.78 is 2.33. The molecule has 0 N–H and O–H groups in total. The lowest BCUT2D eigenvalue weighted by molar-refractivity contribution is 0.519. The molecule has 114 valence electrons. The lowest BCUT2D eigenvalue weighted by Gasteiger charge is -2.24. The molecule has 0 amide bonds. The Kier molecular flexibility index (Phi) is 4.72. The van der Waals surface area contributed by atoms with E-state index in [1.807, 2.05) is 36.9 Å². The van der Waals surface area contributed by atoms with Crippen LogP contribution in [0.2, 0.25) is 5.02 Å². The first-order chi connectivity index (χ1) is 10.1. The molecule has 1 saturated carbocycles. The van der Waals surface area contributed by atoms with Crippen molar-refractivity contribution < 1.29 is 0 Å².